The third kappa shape index (κ3) is 2.26. The topological polar surface area (TPSA) is 76.2 Å². The fourth-order valence-corrected chi connectivity index (χ4v) is 1.58. The van der Waals surface area contributed by atoms with Gasteiger partial charge in [0.1, 0.15) is 10.2 Å². The molecule has 0 spiro atoms. The molecular weight excluding hydrogens is 302 g/mol. The van der Waals surface area contributed by atoms with E-state index in [-0.39, 0.29) is 17.0 Å². The van der Waals surface area contributed by atoms with Crippen molar-refractivity contribution in [2.75, 3.05) is 5.73 Å². The van der Waals surface area contributed by atoms with Gasteiger partial charge in [0.15, 0.2) is 11.0 Å². The summed E-state index contributed by atoms with van der Waals surface area (Å²) < 4.78 is 12.8. The van der Waals surface area contributed by atoms with Gasteiger partial charge in [-0.25, -0.2) is 14.2 Å². The summed E-state index contributed by atoms with van der Waals surface area (Å²) in [5.74, 6) is -2.39. The van der Waals surface area contributed by atoms with Crippen molar-refractivity contribution in [3.8, 4) is 0 Å². The van der Waals surface area contributed by atoms with Crippen LogP contribution >= 0.6 is 39.9 Å². The Morgan fingerprint density at radius 3 is 2.57 bits per heavy atom. The van der Waals surface area contributed by atoms with Gasteiger partial charge < -0.3 is 10.8 Å². The van der Waals surface area contributed by atoms with E-state index in [0.29, 0.717) is 0 Å². The number of hydrogen-bond donors (Lipinski definition) is 2. The minimum absolute atomic E-state index is 0. The normalized spacial score (nSPS) is 9.36. The lowest BCUT2D eigenvalue weighted by atomic mass is 10.2. The molecule has 0 radical (unpaired) electrons. The maximum absolute atomic E-state index is 12.9. The SMILES string of the molecule is Cl.Nc1c(F)c(Cl)nc(Br)c1C(=O)O. The quantitative estimate of drug-likeness (QED) is 0.781. The highest BCUT2D eigenvalue weighted by Gasteiger charge is 2.20. The van der Waals surface area contributed by atoms with Gasteiger partial charge in [0.05, 0.1) is 5.69 Å². The Morgan fingerprint density at radius 2 is 2.14 bits per heavy atom. The molecule has 8 heteroatoms. The summed E-state index contributed by atoms with van der Waals surface area (Å²) in [6.45, 7) is 0. The van der Waals surface area contributed by atoms with Crippen LogP contribution in [0.3, 0.4) is 0 Å². The number of rotatable bonds is 1. The molecule has 0 atom stereocenters. The molecule has 0 saturated carbocycles. The fourth-order valence-electron chi connectivity index (χ4n) is 0.727. The lowest BCUT2D eigenvalue weighted by molar-refractivity contribution is 0.0696. The van der Waals surface area contributed by atoms with Crippen LogP contribution in [0.15, 0.2) is 4.60 Å². The second-order valence-corrected chi connectivity index (χ2v) is 3.21. The van der Waals surface area contributed by atoms with Crippen LogP contribution in [0.5, 0.6) is 0 Å². The van der Waals surface area contributed by atoms with Gasteiger partial charge in [-0.15, -0.1) is 12.4 Å². The highest BCUT2D eigenvalue weighted by Crippen LogP contribution is 2.27. The first-order chi connectivity index (χ1) is 5.95. The Balaban J connectivity index is 0.00000169. The zero-order valence-electron chi connectivity index (χ0n) is 6.42. The van der Waals surface area contributed by atoms with E-state index in [9.17, 15) is 9.18 Å². The second-order valence-electron chi connectivity index (χ2n) is 2.10. The standard InChI is InChI=1S/C6H3BrClFN2O2.ClH/c7-4-1(6(12)13)3(10)2(9)5(8)11-4;/h(H2,10,11)(H,12,13);1H. The minimum atomic E-state index is -1.37. The van der Waals surface area contributed by atoms with Gasteiger partial charge in [-0.05, 0) is 15.9 Å². The van der Waals surface area contributed by atoms with E-state index in [1.807, 2.05) is 0 Å². The summed E-state index contributed by atoms with van der Waals surface area (Å²) in [4.78, 5) is 13.9. The van der Waals surface area contributed by atoms with Crippen LogP contribution in [0, 0.1) is 5.82 Å². The van der Waals surface area contributed by atoms with Gasteiger partial charge in [-0.3, -0.25) is 0 Å². The van der Waals surface area contributed by atoms with E-state index in [0.717, 1.165) is 0 Å². The first-order valence-corrected chi connectivity index (χ1v) is 4.15. The van der Waals surface area contributed by atoms with Crippen molar-refractivity contribution in [1.82, 2.24) is 4.98 Å². The zero-order valence-corrected chi connectivity index (χ0v) is 9.58. The molecule has 0 unspecified atom stereocenters. The number of carboxylic acid groups (broad SMARTS) is 1. The first-order valence-electron chi connectivity index (χ1n) is 2.98. The van der Waals surface area contributed by atoms with Crippen molar-refractivity contribution in [3.05, 3.63) is 21.1 Å². The van der Waals surface area contributed by atoms with Gasteiger partial charge in [0.2, 0.25) is 0 Å². The van der Waals surface area contributed by atoms with Gasteiger partial charge in [0, 0.05) is 0 Å². The van der Waals surface area contributed by atoms with Crippen LogP contribution in [0.1, 0.15) is 10.4 Å². The number of aromatic nitrogens is 1. The van der Waals surface area contributed by atoms with Crippen molar-refractivity contribution in [2.45, 2.75) is 0 Å². The van der Waals surface area contributed by atoms with Crippen LogP contribution in [-0.2, 0) is 0 Å². The molecule has 3 N–H and O–H groups in total. The molecule has 0 aromatic carbocycles. The molecule has 4 nitrogen and oxygen atoms in total. The van der Waals surface area contributed by atoms with Gasteiger partial charge >= 0.3 is 5.97 Å². The Labute approximate surface area is 97.8 Å². The highest BCUT2D eigenvalue weighted by atomic mass is 79.9. The Morgan fingerprint density at radius 1 is 1.64 bits per heavy atom. The number of carboxylic acids is 1. The summed E-state index contributed by atoms with van der Waals surface area (Å²) in [7, 11) is 0. The van der Waals surface area contributed by atoms with Crippen molar-refractivity contribution in [3.63, 3.8) is 0 Å². The van der Waals surface area contributed by atoms with E-state index < -0.39 is 28.2 Å². The molecule has 0 aliphatic heterocycles. The minimum Gasteiger partial charge on any atom is -0.478 e. The lowest BCUT2D eigenvalue weighted by Gasteiger charge is -2.04. The number of nitrogen functional groups attached to an aromatic ring is 1. The summed E-state index contributed by atoms with van der Waals surface area (Å²) in [6, 6.07) is 0. The first kappa shape index (κ1) is 13.4. The van der Waals surface area contributed by atoms with E-state index in [4.69, 9.17) is 22.4 Å². The number of nitrogens with two attached hydrogens (primary N) is 1. The van der Waals surface area contributed by atoms with Crippen LogP contribution in [0.2, 0.25) is 5.15 Å². The molecule has 0 aliphatic rings. The Kier molecular flexibility index (Phi) is 4.57. The molecule has 14 heavy (non-hydrogen) atoms. The average molecular weight is 306 g/mol. The summed E-state index contributed by atoms with van der Waals surface area (Å²) >= 11 is 8.12. The van der Waals surface area contributed by atoms with Crippen molar-refractivity contribution < 1.29 is 14.3 Å². The number of halogens is 4. The smallest absolute Gasteiger partial charge is 0.340 e. The van der Waals surface area contributed by atoms with E-state index in [1.165, 1.54) is 0 Å². The maximum Gasteiger partial charge on any atom is 0.340 e. The van der Waals surface area contributed by atoms with E-state index >= 15 is 0 Å². The molecule has 0 fully saturated rings. The molecule has 1 heterocycles. The zero-order chi connectivity index (χ0) is 10.2. The maximum atomic E-state index is 12.9. The number of hydrogen-bond acceptors (Lipinski definition) is 3. The molecule has 0 amide bonds. The number of nitrogens with zero attached hydrogens (tertiary/aromatic N) is 1. The predicted octanol–water partition coefficient (Wildman–Crippen LogP) is 2.34. The molecule has 0 aliphatic carbocycles. The van der Waals surface area contributed by atoms with Crippen LogP contribution in [-0.4, -0.2) is 16.1 Å². The summed E-state index contributed by atoms with van der Waals surface area (Å²) in [5, 5.41) is 8.14. The van der Waals surface area contributed by atoms with Gasteiger partial charge in [-0.1, -0.05) is 11.6 Å². The number of aromatic carboxylic acids is 1. The molecular formula is C6H4BrCl2FN2O2. The number of pyridine rings is 1. The lowest BCUT2D eigenvalue weighted by Crippen LogP contribution is -2.08. The molecule has 1 aromatic rings. The van der Waals surface area contributed by atoms with Gasteiger partial charge in [0.25, 0.3) is 0 Å². The molecule has 0 saturated heterocycles. The summed E-state index contributed by atoms with van der Waals surface area (Å²) in [6.07, 6.45) is 0. The van der Waals surface area contributed by atoms with Gasteiger partial charge in [-0.2, -0.15) is 0 Å². The highest BCUT2D eigenvalue weighted by molar-refractivity contribution is 9.10. The van der Waals surface area contributed by atoms with Crippen LogP contribution in [0.4, 0.5) is 10.1 Å². The van der Waals surface area contributed by atoms with Crippen molar-refractivity contribution in [2.24, 2.45) is 0 Å². The van der Waals surface area contributed by atoms with E-state index in [1.54, 1.807) is 0 Å². The third-order valence-electron chi connectivity index (χ3n) is 1.30. The second kappa shape index (κ2) is 4.77. The van der Waals surface area contributed by atoms with Crippen LogP contribution < -0.4 is 5.73 Å². The Bertz CT molecular complexity index is 389. The molecule has 1 rings (SSSR count). The molecule has 1 aromatic heterocycles. The fraction of sp³-hybridized carbons (Fsp3) is 0. The van der Waals surface area contributed by atoms with Crippen molar-refractivity contribution >= 4 is 51.6 Å². The Hall–Kier alpha value is -0.590. The third-order valence-corrected chi connectivity index (χ3v) is 2.13. The van der Waals surface area contributed by atoms with Crippen molar-refractivity contribution in [1.29, 1.82) is 0 Å². The number of anilines is 1. The van der Waals surface area contributed by atoms with Crippen LogP contribution in [0.25, 0.3) is 0 Å². The molecule has 0 bridgehead atoms. The molecule has 78 valence electrons. The summed E-state index contributed by atoms with van der Waals surface area (Å²) in [5.41, 5.74) is 4.22. The van der Waals surface area contributed by atoms with E-state index in [2.05, 4.69) is 20.9 Å². The largest absolute Gasteiger partial charge is 0.478 e. The number of carbonyl (C=O) groups is 1. The average Bonchev–Trinajstić information content (AvgIpc) is 1.99. The predicted molar refractivity (Wildman–Crippen MR) is 55.5 cm³/mol. The monoisotopic (exact) mass is 304 g/mol.